The number of ether oxygens (including phenoxy) is 1. The molecule has 1 aliphatic rings. The lowest BCUT2D eigenvalue weighted by molar-refractivity contribution is 0.0524. The molecule has 98 valence electrons. The number of carbonyl (C=O) groups excluding carboxylic acids is 1. The summed E-state index contributed by atoms with van der Waals surface area (Å²) in [6.07, 6.45) is 3.78. The number of hydrogen-bond acceptors (Lipinski definition) is 5. The van der Waals surface area contributed by atoms with E-state index in [-0.39, 0.29) is 5.97 Å². The van der Waals surface area contributed by atoms with Gasteiger partial charge in [-0.1, -0.05) is 0 Å². The number of nitrogens with zero attached hydrogens (tertiary/aromatic N) is 2. The predicted molar refractivity (Wildman–Crippen MR) is 73.3 cm³/mol. The van der Waals surface area contributed by atoms with E-state index in [2.05, 4.69) is 9.97 Å². The number of aromatic nitrogens is 2. The van der Waals surface area contributed by atoms with Crippen LogP contribution in [0.2, 0.25) is 0 Å². The molecule has 5 heteroatoms. The molecule has 0 unspecified atom stereocenters. The molecule has 1 aliphatic carbocycles. The molecule has 2 aromatic rings. The minimum atomic E-state index is -0.318. The van der Waals surface area contributed by atoms with Crippen LogP contribution in [-0.2, 0) is 4.74 Å². The van der Waals surface area contributed by atoms with Crippen molar-refractivity contribution in [1.29, 1.82) is 0 Å². The highest BCUT2D eigenvalue weighted by atomic mass is 32.1. The molecule has 0 radical (unpaired) electrons. The number of thiophene rings is 1. The molecule has 0 spiro atoms. The van der Waals surface area contributed by atoms with Crippen molar-refractivity contribution < 1.29 is 9.53 Å². The fourth-order valence-electron chi connectivity index (χ4n) is 1.96. The fourth-order valence-corrected chi connectivity index (χ4v) is 2.59. The third-order valence-electron chi connectivity index (χ3n) is 3.06. The summed E-state index contributed by atoms with van der Waals surface area (Å²) in [6.45, 7) is 2.17. The van der Waals surface area contributed by atoms with Gasteiger partial charge in [-0.25, -0.2) is 14.8 Å². The van der Waals surface area contributed by atoms with Gasteiger partial charge in [0.15, 0.2) is 5.82 Å². The van der Waals surface area contributed by atoms with Crippen LogP contribution in [0.3, 0.4) is 0 Å². The van der Waals surface area contributed by atoms with Gasteiger partial charge in [-0.15, -0.1) is 0 Å². The molecule has 2 heterocycles. The van der Waals surface area contributed by atoms with Gasteiger partial charge in [0, 0.05) is 23.1 Å². The second-order valence-electron chi connectivity index (χ2n) is 4.50. The Balaban J connectivity index is 2.00. The van der Waals surface area contributed by atoms with E-state index in [1.54, 1.807) is 24.5 Å². The minimum absolute atomic E-state index is 0.318. The predicted octanol–water partition coefficient (Wildman–Crippen LogP) is 3.26. The molecule has 0 atom stereocenters. The molecule has 0 aromatic carbocycles. The zero-order valence-corrected chi connectivity index (χ0v) is 11.4. The van der Waals surface area contributed by atoms with Crippen molar-refractivity contribution >= 4 is 17.3 Å². The van der Waals surface area contributed by atoms with E-state index in [1.165, 1.54) is 0 Å². The summed E-state index contributed by atoms with van der Waals surface area (Å²) in [4.78, 5) is 20.8. The number of esters is 1. The van der Waals surface area contributed by atoms with Crippen molar-refractivity contribution in [1.82, 2.24) is 9.97 Å². The monoisotopic (exact) mass is 274 g/mol. The normalized spacial score (nSPS) is 14.4. The summed E-state index contributed by atoms with van der Waals surface area (Å²) in [5, 5.41) is 4.00. The van der Waals surface area contributed by atoms with Gasteiger partial charge in [0.05, 0.1) is 17.9 Å². The molecular formula is C14H14N2O2S. The molecule has 1 saturated carbocycles. The first-order chi connectivity index (χ1) is 9.29. The maximum atomic E-state index is 11.9. The van der Waals surface area contributed by atoms with Crippen LogP contribution in [0.1, 0.15) is 41.7 Å². The third-order valence-corrected chi connectivity index (χ3v) is 3.74. The third kappa shape index (κ3) is 2.51. The van der Waals surface area contributed by atoms with E-state index >= 15 is 0 Å². The first kappa shape index (κ1) is 12.3. The van der Waals surface area contributed by atoms with E-state index in [0.717, 1.165) is 24.1 Å². The van der Waals surface area contributed by atoms with Crippen molar-refractivity contribution in [2.75, 3.05) is 6.61 Å². The zero-order valence-electron chi connectivity index (χ0n) is 10.6. The highest BCUT2D eigenvalue weighted by molar-refractivity contribution is 7.08. The largest absolute Gasteiger partial charge is 0.462 e. The van der Waals surface area contributed by atoms with Crippen LogP contribution in [0, 0.1) is 0 Å². The topological polar surface area (TPSA) is 52.1 Å². The molecule has 19 heavy (non-hydrogen) atoms. The van der Waals surface area contributed by atoms with Crippen LogP contribution in [0.25, 0.3) is 11.4 Å². The lowest BCUT2D eigenvalue weighted by Gasteiger charge is -2.08. The molecule has 0 aliphatic heterocycles. The standard InChI is InChI=1S/C14H14N2O2S/c1-2-18-14(17)11-7-15-13(10-5-6-19-8-10)16-12(11)9-3-4-9/h5-9H,2-4H2,1H3. The molecule has 3 rings (SSSR count). The van der Waals surface area contributed by atoms with E-state index in [4.69, 9.17) is 4.74 Å². The van der Waals surface area contributed by atoms with Gasteiger partial charge >= 0.3 is 5.97 Å². The Kier molecular flexibility index (Phi) is 3.29. The Morgan fingerprint density at radius 2 is 2.37 bits per heavy atom. The Hall–Kier alpha value is -1.75. The van der Waals surface area contributed by atoms with Crippen LogP contribution >= 0.6 is 11.3 Å². The van der Waals surface area contributed by atoms with E-state index < -0.39 is 0 Å². The SMILES string of the molecule is CCOC(=O)c1cnc(-c2ccsc2)nc1C1CC1. The van der Waals surface area contributed by atoms with E-state index in [0.29, 0.717) is 23.9 Å². The van der Waals surface area contributed by atoms with Crippen molar-refractivity contribution in [2.45, 2.75) is 25.7 Å². The lowest BCUT2D eigenvalue weighted by atomic mass is 10.1. The molecule has 4 nitrogen and oxygen atoms in total. The van der Waals surface area contributed by atoms with Crippen LogP contribution in [0.5, 0.6) is 0 Å². The Labute approximate surface area is 115 Å². The molecule has 0 amide bonds. The first-order valence-electron chi connectivity index (χ1n) is 6.36. The molecule has 0 saturated heterocycles. The van der Waals surface area contributed by atoms with E-state index in [9.17, 15) is 4.79 Å². The van der Waals surface area contributed by atoms with Crippen molar-refractivity contribution in [3.63, 3.8) is 0 Å². The van der Waals surface area contributed by atoms with Gasteiger partial charge in [-0.2, -0.15) is 11.3 Å². The van der Waals surface area contributed by atoms with Crippen molar-refractivity contribution in [3.8, 4) is 11.4 Å². The summed E-state index contributed by atoms with van der Waals surface area (Å²) >= 11 is 1.61. The molecular weight excluding hydrogens is 260 g/mol. The quantitative estimate of drug-likeness (QED) is 0.803. The lowest BCUT2D eigenvalue weighted by Crippen LogP contribution is -2.10. The number of hydrogen-bond donors (Lipinski definition) is 0. The van der Waals surface area contributed by atoms with Gasteiger partial charge in [0.2, 0.25) is 0 Å². The second-order valence-corrected chi connectivity index (χ2v) is 5.28. The van der Waals surface area contributed by atoms with Crippen LogP contribution in [-0.4, -0.2) is 22.5 Å². The summed E-state index contributed by atoms with van der Waals surface area (Å²) in [7, 11) is 0. The van der Waals surface area contributed by atoms with Crippen LogP contribution in [0.4, 0.5) is 0 Å². The van der Waals surface area contributed by atoms with Crippen LogP contribution in [0.15, 0.2) is 23.0 Å². The van der Waals surface area contributed by atoms with Gasteiger partial charge in [-0.3, -0.25) is 0 Å². The summed E-state index contributed by atoms with van der Waals surface area (Å²) in [5.41, 5.74) is 2.36. The summed E-state index contributed by atoms with van der Waals surface area (Å²) in [5.74, 6) is 0.761. The van der Waals surface area contributed by atoms with Crippen molar-refractivity contribution in [2.24, 2.45) is 0 Å². The Morgan fingerprint density at radius 3 is 3.00 bits per heavy atom. The Bertz CT molecular complexity index is 591. The van der Waals surface area contributed by atoms with Gasteiger partial charge in [-0.05, 0) is 31.2 Å². The second kappa shape index (κ2) is 5.09. The van der Waals surface area contributed by atoms with Gasteiger partial charge in [0.1, 0.15) is 0 Å². The average molecular weight is 274 g/mol. The molecule has 1 fully saturated rings. The number of rotatable bonds is 4. The van der Waals surface area contributed by atoms with Gasteiger partial charge < -0.3 is 4.74 Å². The van der Waals surface area contributed by atoms with E-state index in [1.807, 2.05) is 16.8 Å². The molecule has 0 N–H and O–H groups in total. The highest BCUT2D eigenvalue weighted by Crippen LogP contribution is 2.41. The maximum absolute atomic E-state index is 11.9. The minimum Gasteiger partial charge on any atom is -0.462 e. The smallest absolute Gasteiger partial charge is 0.341 e. The first-order valence-corrected chi connectivity index (χ1v) is 7.30. The summed E-state index contributed by atoms with van der Waals surface area (Å²) < 4.78 is 5.06. The molecule has 2 aromatic heterocycles. The zero-order chi connectivity index (χ0) is 13.2. The van der Waals surface area contributed by atoms with Crippen LogP contribution < -0.4 is 0 Å². The fraction of sp³-hybridized carbons (Fsp3) is 0.357. The summed E-state index contributed by atoms with van der Waals surface area (Å²) in [6, 6.07) is 1.99. The molecule has 0 bridgehead atoms. The average Bonchev–Trinajstić information content (AvgIpc) is 3.13. The number of carbonyl (C=O) groups is 1. The van der Waals surface area contributed by atoms with Gasteiger partial charge in [0.25, 0.3) is 0 Å². The van der Waals surface area contributed by atoms with Crippen molar-refractivity contribution in [3.05, 3.63) is 34.3 Å². The Morgan fingerprint density at radius 1 is 1.53 bits per heavy atom. The maximum Gasteiger partial charge on any atom is 0.341 e. The highest BCUT2D eigenvalue weighted by Gasteiger charge is 2.31.